The number of hydrogen-bond acceptors (Lipinski definition) is 1. The third-order valence-electron chi connectivity index (χ3n) is 3.42. The molecule has 2 aromatic carbocycles. The van der Waals surface area contributed by atoms with Crippen molar-refractivity contribution in [2.24, 2.45) is 0 Å². The minimum absolute atomic E-state index is 0.450. The van der Waals surface area contributed by atoms with E-state index in [-0.39, 0.29) is 0 Å². The van der Waals surface area contributed by atoms with E-state index in [2.05, 4.69) is 53.8 Å². The smallest absolute Gasteiger partial charge is 0.0364 e. The van der Waals surface area contributed by atoms with Crippen molar-refractivity contribution >= 4 is 0 Å². The predicted octanol–water partition coefficient (Wildman–Crippen LogP) is 3.17. The van der Waals surface area contributed by atoms with Gasteiger partial charge >= 0.3 is 0 Å². The molecular formula is C15H15N. The van der Waals surface area contributed by atoms with Crippen LogP contribution in [0.4, 0.5) is 0 Å². The monoisotopic (exact) mass is 209 g/mol. The van der Waals surface area contributed by atoms with Crippen LogP contribution in [-0.4, -0.2) is 7.05 Å². The standard InChI is InChI=1S/C15H15N/c1-16-15-10-11-6-2-3-7-12(11)13-8-4-5-9-14(13)15/h2-9,15-16H,10H2,1H3. The second kappa shape index (κ2) is 3.76. The van der Waals surface area contributed by atoms with Gasteiger partial charge in [0.1, 0.15) is 0 Å². The Kier molecular flexibility index (Phi) is 2.26. The van der Waals surface area contributed by atoms with Gasteiger partial charge in [-0.05, 0) is 35.7 Å². The summed E-state index contributed by atoms with van der Waals surface area (Å²) in [4.78, 5) is 0. The number of fused-ring (bicyclic) bond motifs is 3. The molecule has 1 N–H and O–H groups in total. The Hall–Kier alpha value is -1.60. The molecule has 0 saturated heterocycles. The van der Waals surface area contributed by atoms with Gasteiger partial charge in [-0.3, -0.25) is 0 Å². The van der Waals surface area contributed by atoms with Gasteiger partial charge in [-0.2, -0.15) is 0 Å². The molecule has 0 saturated carbocycles. The third-order valence-corrected chi connectivity index (χ3v) is 3.42. The molecule has 3 rings (SSSR count). The van der Waals surface area contributed by atoms with Crippen molar-refractivity contribution in [2.45, 2.75) is 12.5 Å². The van der Waals surface area contributed by atoms with E-state index in [1.165, 1.54) is 22.3 Å². The molecule has 0 aromatic heterocycles. The normalized spacial score (nSPS) is 17.7. The van der Waals surface area contributed by atoms with Crippen molar-refractivity contribution in [3.8, 4) is 11.1 Å². The van der Waals surface area contributed by atoms with Gasteiger partial charge in [-0.25, -0.2) is 0 Å². The van der Waals surface area contributed by atoms with Gasteiger partial charge in [0.25, 0.3) is 0 Å². The molecule has 80 valence electrons. The summed E-state index contributed by atoms with van der Waals surface area (Å²) in [6, 6.07) is 17.8. The summed E-state index contributed by atoms with van der Waals surface area (Å²) in [6.45, 7) is 0. The fourth-order valence-electron chi connectivity index (χ4n) is 2.59. The zero-order chi connectivity index (χ0) is 11.0. The Bertz CT molecular complexity index is 516. The first-order valence-corrected chi connectivity index (χ1v) is 5.74. The Morgan fingerprint density at radius 3 is 2.44 bits per heavy atom. The van der Waals surface area contributed by atoms with Gasteiger partial charge in [-0.15, -0.1) is 0 Å². The lowest BCUT2D eigenvalue weighted by molar-refractivity contribution is 0.587. The predicted molar refractivity (Wildman–Crippen MR) is 67.4 cm³/mol. The van der Waals surface area contributed by atoms with E-state index in [0.717, 1.165) is 6.42 Å². The Balaban J connectivity index is 2.24. The molecule has 1 atom stereocenters. The number of benzene rings is 2. The summed E-state index contributed by atoms with van der Waals surface area (Å²) in [5.41, 5.74) is 5.64. The van der Waals surface area contributed by atoms with Gasteiger partial charge in [0.2, 0.25) is 0 Å². The summed E-state index contributed by atoms with van der Waals surface area (Å²) in [5, 5.41) is 3.40. The van der Waals surface area contributed by atoms with Crippen LogP contribution in [0.2, 0.25) is 0 Å². The van der Waals surface area contributed by atoms with Crippen molar-refractivity contribution in [2.75, 3.05) is 7.05 Å². The molecule has 0 spiro atoms. The zero-order valence-electron chi connectivity index (χ0n) is 9.40. The molecule has 0 fully saturated rings. The van der Waals surface area contributed by atoms with E-state index in [9.17, 15) is 0 Å². The van der Waals surface area contributed by atoms with Crippen molar-refractivity contribution in [1.82, 2.24) is 5.32 Å². The molecule has 2 aromatic rings. The van der Waals surface area contributed by atoms with E-state index < -0.39 is 0 Å². The molecule has 1 unspecified atom stereocenters. The molecule has 0 bridgehead atoms. The van der Waals surface area contributed by atoms with E-state index >= 15 is 0 Å². The Morgan fingerprint density at radius 1 is 0.938 bits per heavy atom. The van der Waals surface area contributed by atoms with Crippen LogP contribution in [0.5, 0.6) is 0 Å². The van der Waals surface area contributed by atoms with Gasteiger partial charge in [0, 0.05) is 6.04 Å². The van der Waals surface area contributed by atoms with Crippen molar-refractivity contribution in [1.29, 1.82) is 0 Å². The first kappa shape index (κ1) is 9.61. The van der Waals surface area contributed by atoms with Gasteiger partial charge in [0.05, 0.1) is 0 Å². The highest BCUT2D eigenvalue weighted by atomic mass is 14.9. The molecule has 0 heterocycles. The summed E-state index contributed by atoms with van der Waals surface area (Å²) in [6.07, 6.45) is 1.09. The average Bonchev–Trinajstić information content (AvgIpc) is 2.38. The van der Waals surface area contributed by atoms with Crippen LogP contribution < -0.4 is 5.32 Å². The molecule has 1 aliphatic rings. The van der Waals surface area contributed by atoms with Crippen LogP contribution in [0.1, 0.15) is 17.2 Å². The summed E-state index contributed by atoms with van der Waals surface area (Å²) >= 11 is 0. The fraction of sp³-hybridized carbons (Fsp3) is 0.200. The number of rotatable bonds is 1. The van der Waals surface area contributed by atoms with Crippen LogP contribution in [-0.2, 0) is 6.42 Å². The molecule has 1 nitrogen and oxygen atoms in total. The van der Waals surface area contributed by atoms with E-state index in [1.807, 2.05) is 7.05 Å². The van der Waals surface area contributed by atoms with Crippen molar-refractivity contribution in [3.05, 3.63) is 59.7 Å². The van der Waals surface area contributed by atoms with Crippen LogP contribution in [0.15, 0.2) is 48.5 Å². The first-order valence-electron chi connectivity index (χ1n) is 5.74. The molecule has 0 amide bonds. The molecule has 1 aliphatic carbocycles. The minimum atomic E-state index is 0.450. The van der Waals surface area contributed by atoms with E-state index in [0.29, 0.717) is 6.04 Å². The van der Waals surface area contributed by atoms with Crippen molar-refractivity contribution in [3.63, 3.8) is 0 Å². The third kappa shape index (κ3) is 1.36. The maximum Gasteiger partial charge on any atom is 0.0364 e. The highest BCUT2D eigenvalue weighted by Crippen LogP contribution is 2.37. The molecule has 16 heavy (non-hydrogen) atoms. The van der Waals surface area contributed by atoms with E-state index in [4.69, 9.17) is 0 Å². The number of nitrogens with one attached hydrogen (secondary N) is 1. The van der Waals surface area contributed by atoms with Crippen LogP contribution in [0.3, 0.4) is 0 Å². The molecule has 0 radical (unpaired) electrons. The molecule has 0 aliphatic heterocycles. The minimum Gasteiger partial charge on any atom is -0.313 e. The van der Waals surface area contributed by atoms with Crippen LogP contribution in [0.25, 0.3) is 11.1 Å². The maximum absolute atomic E-state index is 3.40. The SMILES string of the molecule is CNC1Cc2ccccc2-c2ccccc21. The van der Waals surface area contributed by atoms with E-state index in [1.54, 1.807) is 0 Å². The lowest BCUT2D eigenvalue weighted by Crippen LogP contribution is -2.22. The summed E-state index contributed by atoms with van der Waals surface area (Å²) in [7, 11) is 2.04. The topological polar surface area (TPSA) is 12.0 Å². The van der Waals surface area contributed by atoms with Gasteiger partial charge < -0.3 is 5.32 Å². The highest BCUT2D eigenvalue weighted by Gasteiger charge is 2.22. The largest absolute Gasteiger partial charge is 0.313 e. The quantitative estimate of drug-likeness (QED) is 0.760. The second-order valence-corrected chi connectivity index (χ2v) is 4.29. The number of hydrogen-bond donors (Lipinski definition) is 1. The zero-order valence-corrected chi connectivity index (χ0v) is 9.40. The van der Waals surface area contributed by atoms with Crippen LogP contribution >= 0.6 is 0 Å². The van der Waals surface area contributed by atoms with Gasteiger partial charge in [-0.1, -0.05) is 48.5 Å². The summed E-state index contributed by atoms with van der Waals surface area (Å²) < 4.78 is 0. The lowest BCUT2D eigenvalue weighted by atomic mass is 9.83. The first-order chi connectivity index (χ1) is 7.90. The Morgan fingerprint density at radius 2 is 1.62 bits per heavy atom. The molecule has 1 heteroatoms. The second-order valence-electron chi connectivity index (χ2n) is 4.29. The van der Waals surface area contributed by atoms with Gasteiger partial charge in [0.15, 0.2) is 0 Å². The number of likely N-dealkylation sites (N-methyl/N-ethyl adjacent to an activating group) is 1. The average molecular weight is 209 g/mol. The Labute approximate surface area is 96.1 Å². The van der Waals surface area contributed by atoms with Crippen LogP contribution in [0, 0.1) is 0 Å². The maximum atomic E-state index is 3.40. The van der Waals surface area contributed by atoms with Crippen molar-refractivity contribution < 1.29 is 0 Å². The highest BCUT2D eigenvalue weighted by molar-refractivity contribution is 5.73. The lowest BCUT2D eigenvalue weighted by Gasteiger charge is -2.27. The summed E-state index contributed by atoms with van der Waals surface area (Å²) in [5.74, 6) is 0. The molecular weight excluding hydrogens is 194 g/mol. The fourth-order valence-corrected chi connectivity index (χ4v) is 2.59.